The maximum Gasteiger partial charge on any atom is 0.266 e. The highest BCUT2D eigenvalue weighted by molar-refractivity contribution is 7.17. The number of amides is 1. The van der Waals surface area contributed by atoms with Crippen molar-refractivity contribution >= 4 is 28.8 Å². The van der Waals surface area contributed by atoms with Crippen LogP contribution in [0.25, 0.3) is 10.6 Å². The molecular weight excluding hydrogens is 396 g/mol. The Morgan fingerprint density at radius 2 is 2.18 bits per heavy atom. The molecule has 146 valence electrons. The van der Waals surface area contributed by atoms with Crippen molar-refractivity contribution in [3.63, 3.8) is 0 Å². The number of hydrogen-bond acceptors (Lipinski definition) is 5. The predicted octanol–water partition coefficient (Wildman–Crippen LogP) is 5.49. The number of methoxy groups -OCH3 is 1. The number of rotatable bonds is 5. The first-order valence-corrected chi connectivity index (χ1v) is 10.4. The fourth-order valence-electron chi connectivity index (χ4n) is 3.57. The summed E-state index contributed by atoms with van der Waals surface area (Å²) in [6.07, 6.45) is 1.84. The molecule has 7 heteroatoms. The number of thiazole rings is 1. The van der Waals surface area contributed by atoms with Gasteiger partial charge in [0.2, 0.25) is 0 Å². The number of carbonyl (C=O) groups excluding carboxylic acids is 1. The van der Waals surface area contributed by atoms with Crippen LogP contribution in [0.2, 0.25) is 5.02 Å². The zero-order chi connectivity index (χ0) is 19.7. The maximum atomic E-state index is 13.3. The van der Waals surface area contributed by atoms with Gasteiger partial charge in [-0.15, -0.1) is 11.3 Å². The van der Waals surface area contributed by atoms with E-state index in [9.17, 15) is 4.79 Å². The Morgan fingerprint density at radius 1 is 1.36 bits per heavy atom. The highest BCUT2D eigenvalue weighted by atomic mass is 35.5. The summed E-state index contributed by atoms with van der Waals surface area (Å²) in [5, 5.41) is 1.40. The molecule has 28 heavy (non-hydrogen) atoms. The molecule has 1 unspecified atom stereocenters. The van der Waals surface area contributed by atoms with E-state index in [1.165, 1.54) is 11.3 Å². The summed E-state index contributed by atoms with van der Waals surface area (Å²) in [5.74, 6) is 1.58. The van der Waals surface area contributed by atoms with Crippen molar-refractivity contribution in [3.05, 3.63) is 63.5 Å². The highest BCUT2D eigenvalue weighted by Gasteiger charge is 2.34. The van der Waals surface area contributed by atoms with Gasteiger partial charge in [-0.25, -0.2) is 4.98 Å². The van der Waals surface area contributed by atoms with Crippen molar-refractivity contribution in [2.45, 2.75) is 32.4 Å². The summed E-state index contributed by atoms with van der Waals surface area (Å²) >= 11 is 7.70. The van der Waals surface area contributed by atoms with E-state index in [0.29, 0.717) is 23.1 Å². The van der Waals surface area contributed by atoms with Gasteiger partial charge in [-0.1, -0.05) is 29.8 Å². The average Bonchev–Trinajstić information content (AvgIpc) is 3.41. The van der Waals surface area contributed by atoms with Crippen LogP contribution in [0.15, 0.2) is 40.8 Å². The average molecular weight is 417 g/mol. The molecule has 1 aromatic carbocycles. The lowest BCUT2D eigenvalue weighted by Gasteiger charge is -2.22. The fourth-order valence-corrected chi connectivity index (χ4v) is 4.92. The molecule has 0 radical (unpaired) electrons. The Hall–Kier alpha value is -2.15. The van der Waals surface area contributed by atoms with Gasteiger partial charge in [-0.05, 0) is 38.0 Å². The minimum atomic E-state index is -0.0524. The van der Waals surface area contributed by atoms with E-state index >= 15 is 0 Å². The van der Waals surface area contributed by atoms with Crippen LogP contribution < -0.4 is 0 Å². The number of halogens is 1. The number of likely N-dealkylation sites (tertiary alicyclic amines) is 1. The van der Waals surface area contributed by atoms with Crippen molar-refractivity contribution in [2.75, 3.05) is 13.7 Å². The number of aryl methyl sites for hydroxylation is 1. The molecule has 1 aliphatic rings. The SMILES string of the molecule is COCc1ccc(C2CCCN2C(=O)c2sc(-c3ccccc3Cl)nc2C)o1. The molecule has 0 aliphatic carbocycles. The number of carbonyl (C=O) groups is 1. The van der Waals surface area contributed by atoms with E-state index in [1.807, 2.05) is 48.2 Å². The molecule has 0 saturated carbocycles. The van der Waals surface area contributed by atoms with Crippen LogP contribution in [-0.2, 0) is 11.3 Å². The van der Waals surface area contributed by atoms with Crippen molar-refractivity contribution in [1.82, 2.24) is 9.88 Å². The second-order valence-corrected chi connectivity index (χ2v) is 8.21. The third kappa shape index (κ3) is 3.60. The van der Waals surface area contributed by atoms with Gasteiger partial charge < -0.3 is 14.1 Å². The van der Waals surface area contributed by atoms with Gasteiger partial charge in [-0.3, -0.25) is 4.79 Å². The van der Waals surface area contributed by atoms with Crippen LogP contribution in [0.3, 0.4) is 0 Å². The fraction of sp³-hybridized carbons (Fsp3) is 0.333. The standard InChI is InChI=1S/C21H21ClN2O3S/c1-13-19(28-20(23-13)15-6-3-4-7-16(15)22)21(25)24-11-5-8-17(24)18-10-9-14(27-18)12-26-2/h3-4,6-7,9-10,17H,5,8,11-12H2,1-2H3. The van der Waals surface area contributed by atoms with E-state index in [4.69, 9.17) is 20.8 Å². The van der Waals surface area contributed by atoms with Crippen LogP contribution in [0, 0.1) is 6.92 Å². The van der Waals surface area contributed by atoms with Crippen molar-refractivity contribution in [3.8, 4) is 10.6 Å². The molecule has 1 aliphatic heterocycles. The molecule has 1 amide bonds. The topological polar surface area (TPSA) is 55.6 Å². The summed E-state index contributed by atoms with van der Waals surface area (Å²) < 4.78 is 11.0. The van der Waals surface area contributed by atoms with Crippen LogP contribution in [0.5, 0.6) is 0 Å². The Bertz CT molecular complexity index is 997. The quantitative estimate of drug-likeness (QED) is 0.552. The van der Waals surface area contributed by atoms with Gasteiger partial charge in [0.1, 0.15) is 28.0 Å². The molecule has 5 nitrogen and oxygen atoms in total. The molecule has 0 spiro atoms. The predicted molar refractivity (Wildman–Crippen MR) is 110 cm³/mol. The minimum Gasteiger partial charge on any atom is -0.461 e. The summed E-state index contributed by atoms with van der Waals surface area (Å²) in [5.41, 5.74) is 1.58. The van der Waals surface area contributed by atoms with Gasteiger partial charge in [0.15, 0.2) is 0 Å². The number of furan rings is 1. The number of aromatic nitrogens is 1. The Labute approximate surface area is 172 Å². The van der Waals surface area contributed by atoms with Crippen molar-refractivity contribution in [2.24, 2.45) is 0 Å². The first-order valence-electron chi connectivity index (χ1n) is 9.19. The maximum absolute atomic E-state index is 13.3. The normalized spacial score (nSPS) is 16.7. The lowest BCUT2D eigenvalue weighted by Crippen LogP contribution is -2.30. The van der Waals surface area contributed by atoms with E-state index in [1.54, 1.807) is 7.11 Å². The van der Waals surface area contributed by atoms with E-state index in [0.717, 1.165) is 40.6 Å². The number of ether oxygens (including phenoxy) is 1. The Kier molecular flexibility index (Phi) is 5.53. The summed E-state index contributed by atoms with van der Waals surface area (Å²) in [4.78, 5) is 20.5. The molecule has 0 bridgehead atoms. The van der Waals surface area contributed by atoms with E-state index in [2.05, 4.69) is 4.98 Å². The largest absolute Gasteiger partial charge is 0.461 e. The van der Waals surface area contributed by atoms with Crippen LogP contribution >= 0.6 is 22.9 Å². The van der Waals surface area contributed by atoms with Gasteiger partial charge >= 0.3 is 0 Å². The smallest absolute Gasteiger partial charge is 0.266 e. The van der Waals surface area contributed by atoms with Gasteiger partial charge in [0.25, 0.3) is 5.91 Å². The molecule has 1 fully saturated rings. The zero-order valence-electron chi connectivity index (χ0n) is 15.8. The molecule has 4 rings (SSSR count). The second-order valence-electron chi connectivity index (χ2n) is 6.81. The molecule has 3 aromatic rings. The first-order chi connectivity index (χ1) is 13.6. The zero-order valence-corrected chi connectivity index (χ0v) is 17.3. The van der Waals surface area contributed by atoms with Gasteiger partial charge in [0, 0.05) is 19.2 Å². The number of benzene rings is 1. The van der Waals surface area contributed by atoms with E-state index in [-0.39, 0.29) is 11.9 Å². The minimum absolute atomic E-state index is 0.000458. The van der Waals surface area contributed by atoms with Gasteiger partial charge in [0.05, 0.1) is 16.8 Å². The van der Waals surface area contributed by atoms with E-state index < -0.39 is 0 Å². The summed E-state index contributed by atoms with van der Waals surface area (Å²) in [6.45, 7) is 3.01. The lowest BCUT2D eigenvalue weighted by atomic mass is 10.1. The third-order valence-electron chi connectivity index (χ3n) is 4.91. The van der Waals surface area contributed by atoms with Crippen molar-refractivity contribution in [1.29, 1.82) is 0 Å². The van der Waals surface area contributed by atoms with Gasteiger partial charge in [-0.2, -0.15) is 0 Å². The monoisotopic (exact) mass is 416 g/mol. The number of nitrogens with zero attached hydrogens (tertiary/aromatic N) is 2. The second kappa shape index (κ2) is 8.07. The molecule has 2 aromatic heterocycles. The lowest BCUT2D eigenvalue weighted by molar-refractivity contribution is 0.0720. The summed E-state index contributed by atoms with van der Waals surface area (Å²) in [6, 6.07) is 11.4. The molecule has 1 saturated heterocycles. The van der Waals surface area contributed by atoms with Crippen molar-refractivity contribution < 1.29 is 13.9 Å². The third-order valence-corrected chi connectivity index (χ3v) is 6.41. The molecule has 0 N–H and O–H groups in total. The first kappa shape index (κ1) is 19.2. The van der Waals surface area contributed by atoms with Crippen LogP contribution in [0.4, 0.5) is 0 Å². The Balaban J connectivity index is 1.61. The number of hydrogen-bond donors (Lipinski definition) is 0. The molecule has 3 heterocycles. The molecule has 1 atom stereocenters. The van der Waals surface area contributed by atoms with Crippen LogP contribution in [-0.4, -0.2) is 29.4 Å². The molecular formula is C21H21ClN2O3S. The van der Waals surface area contributed by atoms with Crippen LogP contribution in [0.1, 0.15) is 45.8 Å². The Morgan fingerprint density at radius 3 is 2.96 bits per heavy atom. The summed E-state index contributed by atoms with van der Waals surface area (Å²) in [7, 11) is 1.64. The highest BCUT2D eigenvalue weighted by Crippen LogP contribution is 2.38.